The molecule has 0 atom stereocenters. The van der Waals surface area contributed by atoms with Crippen molar-refractivity contribution in [1.29, 1.82) is 0 Å². The molecule has 0 saturated carbocycles. The minimum Gasteiger partial charge on any atom is -0.397 e. The highest BCUT2D eigenvalue weighted by atomic mass is 35.5. The maximum Gasteiger partial charge on any atom is 0.0728 e. The number of nitrogens with two attached hydrogens (primary N) is 1. The van der Waals surface area contributed by atoms with Crippen LogP contribution >= 0.6 is 11.6 Å². The fourth-order valence-electron chi connectivity index (χ4n) is 2.21. The van der Waals surface area contributed by atoms with Gasteiger partial charge < -0.3 is 10.7 Å². The second-order valence-electron chi connectivity index (χ2n) is 4.26. The number of hydrogen-bond acceptors (Lipinski definition) is 2. The zero-order valence-electron chi connectivity index (χ0n) is 9.87. The van der Waals surface area contributed by atoms with Gasteiger partial charge in [0.25, 0.3) is 0 Å². The molecule has 0 fully saturated rings. The zero-order valence-corrected chi connectivity index (χ0v) is 10.6. The summed E-state index contributed by atoms with van der Waals surface area (Å²) in [5.41, 5.74) is 10.3. The van der Waals surface area contributed by atoms with Crippen LogP contribution in [-0.4, -0.2) is 9.97 Å². The lowest BCUT2D eigenvalue weighted by Crippen LogP contribution is -1.89. The number of aromatic nitrogens is 2. The van der Waals surface area contributed by atoms with E-state index in [-0.39, 0.29) is 0 Å². The number of H-pyrrole nitrogens is 1. The van der Waals surface area contributed by atoms with Crippen molar-refractivity contribution < 1.29 is 0 Å². The van der Waals surface area contributed by atoms with Gasteiger partial charge >= 0.3 is 0 Å². The van der Waals surface area contributed by atoms with E-state index in [4.69, 9.17) is 17.3 Å². The summed E-state index contributed by atoms with van der Waals surface area (Å²) < 4.78 is 0. The minimum absolute atomic E-state index is 0.655. The largest absolute Gasteiger partial charge is 0.397 e. The van der Waals surface area contributed by atoms with Gasteiger partial charge in [-0.15, -0.1) is 0 Å². The number of pyridine rings is 1. The summed E-state index contributed by atoms with van der Waals surface area (Å²) in [5, 5.41) is 1.74. The maximum atomic E-state index is 6.28. The van der Waals surface area contributed by atoms with Gasteiger partial charge in [0.2, 0.25) is 0 Å². The smallest absolute Gasteiger partial charge is 0.0728 e. The summed E-state index contributed by atoms with van der Waals surface area (Å²) in [4.78, 5) is 7.69. The first kappa shape index (κ1) is 11.1. The van der Waals surface area contributed by atoms with Crippen LogP contribution in [0.25, 0.3) is 22.2 Å². The van der Waals surface area contributed by atoms with E-state index < -0.39 is 0 Å². The van der Waals surface area contributed by atoms with Crippen LogP contribution in [0.2, 0.25) is 5.02 Å². The number of halogens is 1. The zero-order chi connectivity index (χ0) is 12.7. The van der Waals surface area contributed by atoms with Crippen LogP contribution in [0.5, 0.6) is 0 Å². The van der Waals surface area contributed by atoms with E-state index >= 15 is 0 Å². The Morgan fingerprint density at radius 3 is 2.78 bits per heavy atom. The number of benzene rings is 1. The van der Waals surface area contributed by atoms with Crippen molar-refractivity contribution in [3.05, 3.63) is 47.2 Å². The van der Waals surface area contributed by atoms with Gasteiger partial charge in [-0.1, -0.05) is 17.7 Å². The van der Waals surface area contributed by atoms with Crippen molar-refractivity contribution in [3.8, 4) is 11.3 Å². The SMILES string of the molecule is Cc1[nH]c2cccc(Cl)c2c1-c1ccc(N)cn1. The van der Waals surface area contributed by atoms with E-state index in [2.05, 4.69) is 9.97 Å². The van der Waals surface area contributed by atoms with Gasteiger partial charge in [0.1, 0.15) is 0 Å². The van der Waals surface area contributed by atoms with Crippen molar-refractivity contribution in [2.45, 2.75) is 6.92 Å². The molecule has 4 heteroatoms. The number of aromatic amines is 1. The van der Waals surface area contributed by atoms with Gasteiger partial charge in [-0.05, 0) is 31.2 Å². The molecule has 3 N–H and O–H groups in total. The third kappa shape index (κ3) is 1.64. The van der Waals surface area contributed by atoms with Crippen molar-refractivity contribution >= 4 is 28.2 Å². The quantitative estimate of drug-likeness (QED) is 0.697. The van der Waals surface area contributed by atoms with E-state index in [1.54, 1.807) is 6.20 Å². The predicted molar refractivity (Wildman–Crippen MR) is 75.7 cm³/mol. The number of fused-ring (bicyclic) bond motifs is 1. The first-order valence-corrected chi connectivity index (χ1v) is 6.03. The second-order valence-corrected chi connectivity index (χ2v) is 4.67. The monoisotopic (exact) mass is 257 g/mol. The molecule has 18 heavy (non-hydrogen) atoms. The second kappa shape index (κ2) is 4.03. The van der Waals surface area contributed by atoms with E-state index in [0.717, 1.165) is 32.9 Å². The van der Waals surface area contributed by atoms with Gasteiger partial charge in [-0.25, -0.2) is 0 Å². The molecule has 3 rings (SSSR count). The van der Waals surface area contributed by atoms with Crippen LogP contribution in [0.3, 0.4) is 0 Å². The van der Waals surface area contributed by atoms with Crippen LogP contribution in [-0.2, 0) is 0 Å². The standard InChI is InChI=1S/C14H12ClN3/c1-8-13(11-6-5-9(16)7-17-11)14-10(15)3-2-4-12(14)18-8/h2-7,18H,16H2,1H3. The Morgan fingerprint density at radius 2 is 2.06 bits per heavy atom. The lowest BCUT2D eigenvalue weighted by molar-refractivity contribution is 1.27. The molecule has 3 aromatic rings. The van der Waals surface area contributed by atoms with Gasteiger partial charge in [0, 0.05) is 22.2 Å². The molecular weight excluding hydrogens is 246 g/mol. The Morgan fingerprint density at radius 1 is 1.22 bits per heavy atom. The molecule has 0 aliphatic rings. The molecule has 3 nitrogen and oxygen atoms in total. The Kier molecular flexibility index (Phi) is 2.49. The summed E-state index contributed by atoms with van der Waals surface area (Å²) in [6.07, 6.45) is 1.66. The first-order valence-electron chi connectivity index (χ1n) is 5.65. The summed E-state index contributed by atoms with van der Waals surface area (Å²) >= 11 is 6.28. The van der Waals surface area contributed by atoms with Crippen LogP contribution in [0.1, 0.15) is 5.69 Å². The molecule has 2 aromatic heterocycles. The number of nitrogen functional groups attached to an aromatic ring is 1. The van der Waals surface area contributed by atoms with E-state index in [0.29, 0.717) is 5.69 Å². The lowest BCUT2D eigenvalue weighted by Gasteiger charge is -2.02. The van der Waals surface area contributed by atoms with Gasteiger partial charge in [-0.3, -0.25) is 4.98 Å². The van der Waals surface area contributed by atoms with Gasteiger partial charge in [-0.2, -0.15) is 0 Å². The van der Waals surface area contributed by atoms with Crippen LogP contribution < -0.4 is 5.73 Å². The van der Waals surface area contributed by atoms with Crippen LogP contribution in [0.15, 0.2) is 36.5 Å². The Hall–Kier alpha value is -2.00. The van der Waals surface area contributed by atoms with E-state index in [9.17, 15) is 0 Å². The number of aryl methyl sites for hydroxylation is 1. The fourth-order valence-corrected chi connectivity index (χ4v) is 2.48. The average Bonchev–Trinajstić information content (AvgIpc) is 2.68. The van der Waals surface area contributed by atoms with Crippen molar-refractivity contribution in [2.75, 3.05) is 5.73 Å². The predicted octanol–water partition coefficient (Wildman–Crippen LogP) is 3.77. The normalized spacial score (nSPS) is 11.0. The highest BCUT2D eigenvalue weighted by Crippen LogP contribution is 2.35. The first-order chi connectivity index (χ1) is 8.66. The van der Waals surface area contributed by atoms with E-state index in [1.165, 1.54) is 0 Å². The molecule has 0 aliphatic heterocycles. The minimum atomic E-state index is 0.655. The molecule has 0 radical (unpaired) electrons. The molecule has 90 valence electrons. The molecule has 0 saturated heterocycles. The molecule has 0 unspecified atom stereocenters. The number of nitrogens with one attached hydrogen (secondary N) is 1. The summed E-state index contributed by atoms with van der Waals surface area (Å²) in [7, 11) is 0. The summed E-state index contributed by atoms with van der Waals surface area (Å²) in [6.45, 7) is 2.02. The average molecular weight is 258 g/mol. The summed E-state index contributed by atoms with van der Waals surface area (Å²) in [6, 6.07) is 9.58. The van der Waals surface area contributed by atoms with Crippen molar-refractivity contribution in [2.24, 2.45) is 0 Å². The number of nitrogens with zero attached hydrogens (tertiary/aromatic N) is 1. The molecule has 0 aliphatic carbocycles. The maximum absolute atomic E-state index is 6.28. The molecule has 0 bridgehead atoms. The van der Waals surface area contributed by atoms with Gasteiger partial charge in [0.05, 0.1) is 22.6 Å². The van der Waals surface area contributed by atoms with Crippen molar-refractivity contribution in [3.63, 3.8) is 0 Å². The molecular formula is C14H12ClN3. The molecule has 0 spiro atoms. The number of anilines is 1. The Bertz CT molecular complexity index is 714. The number of hydrogen-bond donors (Lipinski definition) is 2. The van der Waals surface area contributed by atoms with E-state index in [1.807, 2.05) is 37.3 Å². The topological polar surface area (TPSA) is 54.7 Å². The Balaban J connectivity index is 2.34. The highest BCUT2D eigenvalue weighted by Gasteiger charge is 2.13. The highest BCUT2D eigenvalue weighted by molar-refractivity contribution is 6.36. The summed E-state index contributed by atoms with van der Waals surface area (Å²) in [5.74, 6) is 0. The molecule has 0 amide bonds. The lowest BCUT2D eigenvalue weighted by atomic mass is 10.1. The van der Waals surface area contributed by atoms with Crippen LogP contribution in [0, 0.1) is 6.92 Å². The van der Waals surface area contributed by atoms with Crippen LogP contribution in [0.4, 0.5) is 5.69 Å². The van der Waals surface area contributed by atoms with Crippen molar-refractivity contribution in [1.82, 2.24) is 9.97 Å². The number of rotatable bonds is 1. The molecule has 2 heterocycles. The van der Waals surface area contributed by atoms with Gasteiger partial charge in [0.15, 0.2) is 0 Å². The third-order valence-electron chi connectivity index (χ3n) is 3.00. The fraction of sp³-hybridized carbons (Fsp3) is 0.0714. The molecule has 1 aromatic carbocycles. The third-order valence-corrected chi connectivity index (χ3v) is 3.32. The Labute approximate surface area is 110 Å².